The molecule has 1 aromatic rings. The van der Waals surface area contributed by atoms with E-state index in [2.05, 4.69) is 10.3 Å². The second-order valence-corrected chi connectivity index (χ2v) is 10.6. The van der Waals surface area contributed by atoms with Gasteiger partial charge in [-0.2, -0.15) is 13.2 Å². The maximum atomic E-state index is 14.0. The summed E-state index contributed by atoms with van der Waals surface area (Å²) in [6.07, 6.45) is -1.55. The molecule has 1 aliphatic heterocycles. The van der Waals surface area contributed by atoms with Crippen LogP contribution in [-0.2, 0) is 9.59 Å². The number of rotatable bonds is 5. The average molecular weight is 546 g/mol. The summed E-state index contributed by atoms with van der Waals surface area (Å²) in [7, 11) is 0. The Morgan fingerprint density at radius 1 is 1.24 bits per heavy atom. The Kier molecular flexibility index (Phi) is 7.28. The molecular formula is C24H28ClF4N5O3. The molecule has 4 rings (SSSR count). The number of pyridine rings is 1. The molecule has 202 valence electrons. The third-order valence-corrected chi connectivity index (χ3v) is 7.90. The van der Waals surface area contributed by atoms with Crippen LogP contribution >= 0.6 is 11.6 Å². The van der Waals surface area contributed by atoms with Crippen molar-refractivity contribution in [1.29, 1.82) is 5.41 Å². The highest BCUT2D eigenvalue weighted by Gasteiger charge is 2.56. The molecule has 3 aliphatic rings. The van der Waals surface area contributed by atoms with E-state index in [1.807, 2.05) is 0 Å². The van der Waals surface area contributed by atoms with Crippen molar-refractivity contribution in [3.63, 3.8) is 0 Å². The van der Waals surface area contributed by atoms with Gasteiger partial charge in [0.2, 0.25) is 5.91 Å². The van der Waals surface area contributed by atoms with Gasteiger partial charge in [0.05, 0.1) is 17.6 Å². The SMILES string of the molecule is N=C(C=C(N)C(=O)N1CC[C@@H](C(=O)NC2CCC(O)(C(F)(F)F)CC2)CC12CC2)c1cc(Cl)ncc1F. The topological polar surface area (TPSA) is 132 Å². The number of piperidine rings is 1. The van der Waals surface area contributed by atoms with E-state index >= 15 is 0 Å². The summed E-state index contributed by atoms with van der Waals surface area (Å²) in [5.74, 6) is -1.97. The van der Waals surface area contributed by atoms with Crippen molar-refractivity contribution in [3.05, 3.63) is 40.6 Å². The Morgan fingerprint density at radius 2 is 1.89 bits per heavy atom. The van der Waals surface area contributed by atoms with E-state index in [4.69, 9.17) is 22.7 Å². The number of alkyl halides is 3. The Labute approximate surface area is 215 Å². The first kappa shape index (κ1) is 27.3. The van der Waals surface area contributed by atoms with Gasteiger partial charge in [0, 0.05) is 29.6 Å². The van der Waals surface area contributed by atoms with E-state index in [1.54, 1.807) is 4.90 Å². The van der Waals surface area contributed by atoms with E-state index in [9.17, 15) is 32.3 Å². The lowest BCUT2D eigenvalue weighted by Gasteiger charge is -2.41. The molecule has 1 spiro atoms. The molecule has 2 amide bonds. The van der Waals surface area contributed by atoms with Crippen molar-refractivity contribution in [2.45, 2.75) is 74.7 Å². The van der Waals surface area contributed by atoms with Crippen molar-refractivity contribution < 1.29 is 32.3 Å². The van der Waals surface area contributed by atoms with E-state index in [-0.39, 0.29) is 47.4 Å². The number of likely N-dealkylation sites (tertiary alicyclic amines) is 1. The highest BCUT2D eigenvalue weighted by molar-refractivity contribution is 6.30. The molecule has 1 saturated heterocycles. The van der Waals surface area contributed by atoms with Gasteiger partial charge in [0.1, 0.15) is 5.15 Å². The summed E-state index contributed by atoms with van der Waals surface area (Å²) in [6.45, 7) is 0.243. The lowest BCUT2D eigenvalue weighted by Crippen LogP contribution is -2.54. The number of halogens is 5. The highest BCUT2D eigenvalue weighted by atomic mass is 35.5. The smallest absolute Gasteiger partial charge is 0.394 e. The molecule has 37 heavy (non-hydrogen) atoms. The first-order chi connectivity index (χ1) is 17.2. The minimum absolute atomic E-state index is 0.0130. The zero-order valence-electron chi connectivity index (χ0n) is 19.9. The maximum Gasteiger partial charge on any atom is 0.417 e. The first-order valence-electron chi connectivity index (χ1n) is 12.0. The van der Waals surface area contributed by atoms with Gasteiger partial charge in [-0.3, -0.25) is 9.59 Å². The zero-order valence-corrected chi connectivity index (χ0v) is 20.6. The number of hydrogen-bond acceptors (Lipinski definition) is 6. The molecule has 2 saturated carbocycles. The van der Waals surface area contributed by atoms with Gasteiger partial charge in [-0.25, -0.2) is 9.37 Å². The van der Waals surface area contributed by atoms with Gasteiger partial charge < -0.3 is 26.5 Å². The van der Waals surface area contributed by atoms with Crippen LogP contribution in [0.15, 0.2) is 24.0 Å². The normalized spacial score (nSPS) is 27.6. The molecule has 0 radical (unpaired) electrons. The van der Waals surface area contributed by atoms with E-state index in [1.165, 1.54) is 0 Å². The van der Waals surface area contributed by atoms with Crippen molar-refractivity contribution in [2.75, 3.05) is 6.54 Å². The third kappa shape index (κ3) is 5.59. The molecule has 3 fully saturated rings. The standard InChI is InChI=1S/C24H28ClF4N5O3/c25-19-9-15(16(26)12-32-19)17(30)10-18(31)21(36)34-8-3-13(11-22(34)6-7-22)20(35)33-14-1-4-23(37,5-2-14)24(27,28)29/h9-10,12-14,30,37H,1-8,11,31H2,(H,33,35)/t13-,14?,23?/m1/s1. The number of allylic oxidation sites excluding steroid dienone is 1. The van der Waals surface area contributed by atoms with Crippen LogP contribution < -0.4 is 11.1 Å². The number of nitrogens with one attached hydrogen (secondary N) is 2. The average Bonchev–Trinajstić information content (AvgIpc) is 3.59. The van der Waals surface area contributed by atoms with Crippen LogP contribution in [0.2, 0.25) is 5.15 Å². The van der Waals surface area contributed by atoms with Gasteiger partial charge in [0.25, 0.3) is 5.91 Å². The Balaban J connectivity index is 1.35. The van der Waals surface area contributed by atoms with Crippen LogP contribution in [0.3, 0.4) is 0 Å². The van der Waals surface area contributed by atoms with E-state index in [0.717, 1.165) is 18.3 Å². The number of carbonyl (C=O) groups is 2. The quantitative estimate of drug-likeness (QED) is 0.195. The van der Waals surface area contributed by atoms with E-state index in [0.29, 0.717) is 25.7 Å². The molecule has 1 atom stereocenters. The predicted molar refractivity (Wildman–Crippen MR) is 126 cm³/mol. The van der Waals surface area contributed by atoms with Gasteiger partial charge >= 0.3 is 6.18 Å². The van der Waals surface area contributed by atoms with Crippen molar-refractivity contribution in [2.24, 2.45) is 11.7 Å². The minimum Gasteiger partial charge on any atom is -0.394 e. The maximum absolute atomic E-state index is 14.0. The number of hydrogen-bond donors (Lipinski definition) is 4. The summed E-state index contributed by atoms with van der Waals surface area (Å²) in [6, 6.07) is 0.715. The van der Waals surface area contributed by atoms with Crippen molar-refractivity contribution >= 4 is 29.1 Å². The summed E-state index contributed by atoms with van der Waals surface area (Å²) in [5.41, 5.74) is 1.98. The lowest BCUT2D eigenvalue weighted by molar-refractivity contribution is -0.270. The van der Waals surface area contributed by atoms with Crippen LogP contribution in [0.25, 0.3) is 0 Å². The Hall–Kier alpha value is -2.73. The van der Waals surface area contributed by atoms with Crippen molar-refractivity contribution in [1.82, 2.24) is 15.2 Å². The zero-order chi connectivity index (χ0) is 27.2. The number of aromatic nitrogens is 1. The Morgan fingerprint density at radius 3 is 2.49 bits per heavy atom. The van der Waals surface area contributed by atoms with Gasteiger partial charge in [-0.1, -0.05) is 11.6 Å². The molecule has 2 heterocycles. The Bertz CT molecular complexity index is 1130. The van der Waals surface area contributed by atoms with Gasteiger partial charge in [-0.15, -0.1) is 0 Å². The van der Waals surface area contributed by atoms with Gasteiger partial charge in [0.15, 0.2) is 11.4 Å². The third-order valence-electron chi connectivity index (χ3n) is 7.69. The number of amides is 2. The van der Waals surface area contributed by atoms with E-state index < -0.39 is 53.8 Å². The van der Waals surface area contributed by atoms with Crippen LogP contribution in [0.4, 0.5) is 17.6 Å². The number of nitrogens with zero attached hydrogens (tertiary/aromatic N) is 2. The van der Waals surface area contributed by atoms with Crippen LogP contribution in [0, 0.1) is 17.1 Å². The number of nitrogens with two attached hydrogens (primary N) is 1. The molecule has 1 aromatic heterocycles. The van der Waals surface area contributed by atoms with Crippen LogP contribution in [0.5, 0.6) is 0 Å². The fraction of sp³-hybridized carbons (Fsp3) is 0.583. The highest BCUT2D eigenvalue weighted by Crippen LogP contribution is 2.50. The molecular weight excluding hydrogens is 518 g/mol. The molecule has 0 aromatic carbocycles. The summed E-state index contributed by atoms with van der Waals surface area (Å²) >= 11 is 5.77. The molecule has 8 nitrogen and oxygen atoms in total. The molecule has 2 aliphatic carbocycles. The minimum atomic E-state index is -4.70. The predicted octanol–water partition coefficient (Wildman–Crippen LogP) is 3.21. The van der Waals surface area contributed by atoms with Crippen molar-refractivity contribution in [3.8, 4) is 0 Å². The van der Waals surface area contributed by atoms with Crippen LogP contribution in [0.1, 0.15) is 56.9 Å². The number of carbonyl (C=O) groups excluding carboxylic acids is 2. The lowest BCUT2D eigenvalue weighted by atomic mass is 9.81. The molecule has 0 unspecified atom stereocenters. The first-order valence-corrected chi connectivity index (χ1v) is 12.4. The fourth-order valence-electron chi connectivity index (χ4n) is 5.26. The van der Waals surface area contributed by atoms with Gasteiger partial charge in [-0.05, 0) is 63.5 Å². The fourth-order valence-corrected chi connectivity index (χ4v) is 5.42. The second kappa shape index (κ2) is 9.86. The summed E-state index contributed by atoms with van der Waals surface area (Å²) in [5, 5.41) is 20.7. The largest absolute Gasteiger partial charge is 0.417 e. The molecule has 5 N–H and O–H groups in total. The van der Waals surface area contributed by atoms with Crippen LogP contribution in [-0.4, -0.2) is 62.4 Å². The molecule has 0 bridgehead atoms. The molecule has 13 heteroatoms. The summed E-state index contributed by atoms with van der Waals surface area (Å²) < 4.78 is 53.1. The summed E-state index contributed by atoms with van der Waals surface area (Å²) in [4.78, 5) is 31.2. The number of aliphatic hydroxyl groups is 1. The monoisotopic (exact) mass is 545 g/mol. The second-order valence-electron chi connectivity index (χ2n) is 10.2.